The van der Waals surface area contributed by atoms with Gasteiger partial charge >= 0.3 is 5.97 Å². The van der Waals surface area contributed by atoms with Crippen LogP contribution in [0.4, 0.5) is 0 Å². The number of rotatable bonds is 3. The lowest BCUT2D eigenvalue weighted by atomic mass is 10.2. The van der Waals surface area contributed by atoms with Crippen LogP contribution in [0.2, 0.25) is 0 Å². The molecule has 0 spiro atoms. The Labute approximate surface area is 85.9 Å². The third-order valence-electron chi connectivity index (χ3n) is 1.61. The highest BCUT2D eigenvalue weighted by molar-refractivity contribution is 5.94. The molecule has 0 aromatic heterocycles. The summed E-state index contributed by atoms with van der Waals surface area (Å²) < 4.78 is 4.57. The fraction of sp³-hybridized carbons (Fsp3) is 0.200. The van der Waals surface area contributed by atoms with E-state index in [2.05, 4.69) is 4.74 Å². The number of carbonyl (C=O) groups excluding carboxylic acids is 2. The summed E-state index contributed by atoms with van der Waals surface area (Å²) >= 11 is 0. The van der Waals surface area contributed by atoms with Crippen molar-refractivity contribution >= 4 is 11.8 Å². The Kier molecular flexibility index (Phi) is 3.28. The Balaban J connectivity index is 2.81. The van der Waals surface area contributed by atoms with Crippen molar-refractivity contribution < 1.29 is 24.5 Å². The zero-order chi connectivity index (χ0) is 11.4. The number of hydrogen-bond acceptors (Lipinski definition) is 5. The quantitative estimate of drug-likeness (QED) is 0.570. The molecule has 0 aliphatic carbocycles. The summed E-state index contributed by atoms with van der Waals surface area (Å²) in [5.41, 5.74) is -0.170. The van der Waals surface area contributed by atoms with E-state index in [4.69, 9.17) is 5.11 Å². The Morgan fingerprint density at radius 3 is 2.60 bits per heavy atom. The maximum Gasteiger partial charge on any atom is 0.342 e. The van der Waals surface area contributed by atoms with Crippen LogP contribution in [-0.2, 0) is 9.53 Å². The highest BCUT2D eigenvalue weighted by Gasteiger charge is 2.13. The van der Waals surface area contributed by atoms with Gasteiger partial charge in [-0.25, -0.2) is 4.79 Å². The minimum Gasteiger partial charge on any atom is -0.508 e. The number of phenolic OH excluding ortho intramolecular Hbond substituents is 2. The van der Waals surface area contributed by atoms with Crippen molar-refractivity contribution in [2.75, 3.05) is 6.61 Å². The first kappa shape index (κ1) is 11.0. The number of ketones is 1. The third kappa shape index (κ3) is 2.98. The minimum absolute atomic E-state index is 0.164. The summed E-state index contributed by atoms with van der Waals surface area (Å²) in [7, 11) is 0. The molecule has 5 nitrogen and oxygen atoms in total. The van der Waals surface area contributed by atoms with E-state index in [9.17, 15) is 14.7 Å². The molecule has 0 fully saturated rings. The first-order valence-electron chi connectivity index (χ1n) is 4.19. The summed E-state index contributed by atoms with van der Waals surface area (Å²) in [5.74, 6) is -1.62. The molecule has 1 aromatic rings. The molecule has 0 amide bonds. The number of esters is 1. The molecule has 0 unspecified atom stereocenters. The van der Waals surface area contributed by atoms with Crippen molar-refractivity contribution in [3.05, 3.63) is 23.8 Å². The van der Waals surface area contributed by atoms with Crippen molar-refractivity contribution in [3.63, 3.8) is 0 Å². The summed E-state index contributed by atoms with van der Waals surface area (Å²) in [5, 5.41) is 18.4. The van der Waals surface area contributed by atoms with E-state index in [0.29, 0.717) is 0 Å². The second-order valence-electron chi connectivity index (χ2n) is 2.98. The number of benzene rings is 1. The van der Waals surface area contributed by atoms with Gasteiger partial charge in [-0.3, -0.25) is 4.79 Å². The van der Waals surface area contributed by atoms with E-state index < -0.39 is 5.97 Å². The van der Waals surface area contributed by atoms with Gasteiger partial charge in [0.15, 0.2) is 5.78 Å². The second-order valence-corrected chi connectivity index (χ2v) is 2.98. The zero-order valence-corrected chi connectivity index (χ0v) is 8.06. The molecule has 0 radical (unpaired) electrons. The molecule has 0 aliphatic heterocycles. The molecule has 5 heteroatoms. The highest BCUT2D eigenvalue weighted by Crippen LogP contribution is 2.22. The molecule has 0 heterocycles. The van der Waals surface area contributed by atoms with E-state index in [0.717, 1.165) is 6.07 Å². The lowest BCUT2D eigenvalue weighted by Gasteiger charge is -2.04. The second kappa shape index (κ2) is 4.45. The van der Waals surface area contributed by atoms with E-state index >= 15 is 0 Å². The lowest BCUT2D eigenvalue weighted by Crippen LogP contribution is -2.11. The molecule has 15 heavy (non-hydrogen) atoms. The molecule has 80 valence electrons. The Bertz CT molecular complexity index is 397. The highest BCUT2D eigenvalue weighted by atomic mass is 16.5. The average Bonchev–Trinajstić information content (AvgIpc) is 2.18. The van der Waals surface area contributed by atoms with Gasteiger partial charge in [0.2, 0.25) is 0 Å². The maximum absolute atomic E-state index is 11.3. The first-order chi connectivity index (χ1) is 7.00. The van der Waals surface area contributed by atoms with Gasteiger partial charge in [0, 0.05) is 0 Å². The van der Waals surface area contributed by atoms with Crippen LogP contribution in [0.1, 0.15) is 17.3 Å². The van der Waals surface area contributed by atoms with Gasteiger partial charge in [0.1, 0.15) is 23.7 Å². The van der Waals surface area contributed by atoms with E-state index in [1.807, 2.05) is 0 Å². The van der Waals surface area contributed by atoms with Crippen LogP contribution in [0.5, 0.6) is 11.5 Å². The predicted molar refractivity (Wildman–Crippen MR) is 50.7 cm³/mol. The van der Waals surface area contributed by atoms with Crippen molar-refractivity contribution in [2.24, 2.45) is 0 Å². The summed E-state index contributed by atoms with van der Waals surface area (Å²) in [6, 6.07) is 3.47. The molecule has 0 atom stereocenters. The molecule has 2 N–H and O–H groups in total. The molecule has 1 aromatic carbocycles. The topological polar surface area (TPSA) is 83.8 Å². The van der Waals surface area contributed by atoms with E-state index in [-0.39, 0.29) is 29.5 Å². The van der Waals surface area contributed by atoms with E-state index in [1.165, 1.54) is 19.1 Å². The first-order valence-corrected chi connectivity index (χ1v) is 4.19. The van der Waals surface area contributed by atoms with Gasteiger partial charge in [0.05, 0.1) is 0 Å². The standard InChI is InChI=1S/C10H10O5/c1-6(11)5-15-10(14)8-4-7(12)2-3-9(8)13/h2-4,12-13H,5H2,1H3. The van der Waals surface area contributed by atoms with Gasteiger partial charge in [-0.2, -0.15) is 0 Å². The van der Waals surface area contributed by atoms with Crippen LogP contribution in [0, 0.1) is 0 Å². The molecular formula is C10H10O5. The minimum atomic E-state index is -0.849. The van der Waals surface area contributed by atoms with Gasteiger partial charge in [0.25, 0.3) is 0 Å². The van der Waals surface area contributed by atoms with E-state index in [1.54, 1.807) is 0 Å². The largest absolute Gasteiger partial charge is 0.508 e. The normalized spacial score (nSPS) is 9.67. The van der Waals surface area contributed by atoms with Gasteiger partial charge in [-0.05, 0) is 25.1 Å². The SMILES string of the molecule is CC(=O)COC(=O)c1cc(O)ccc1O. The number of phenols is 2. The van der Waals surface area contributed by atoms with Crippen molar-refractivity contribution in [3.8, 4) is 11.5 Å². The number of carbonyl (C=O) groups is 2. The Hall–Kier alpha value is -2.04. The summed E-state index contributed by atoms with van der Waals surface area (Å²) in [4.78, 5) is 21.8. The fourth-order valence-corrected chi connectivity index (χ4v) is 0.932. The zero-order valence-electron chi connectivity index (χ0n) is 8.06. The Morgan fingerprint density at radius 1 is 1.33 bits per heavy atom. The molecule has 0 saturated carbocycles. The molecule has 1 rings (SSSR count). The van der Waals surface area contributed by atoms with Gasteiger partial charge in [-0.15, -0.1) is 0 Å². The molecular weight excluding hydrogens is 200 g/mol. The van der Waals surface area contributed by atoms with Crippen LogP contribution >= 0.6 is 0 Å². The van der Waals surface area contributed by atoms with Crippen molar-refractivity contribution in [2.45, 2.75) is 6.92 Å². The molecule has 0 saturated heterocycles. The smallest absolute Gasteiger partial charge is 0.342 e. The summed E-state index contributed by atoms with van der Waals surface area (Å²) in [6.07, 6.45) is 0. The van der Waals surface area contributed by atoms with Crippen LogP contribution in [-0.4, -0.2) is 28.6 Å². The van der Waals surface area contributed by atoms with Crippen molar-refractivity contribution in [1.82, 2.24) is 0 Å². The lowest BCUT2D eigenvalue weighted by molar-refractivity contribution is -0.120. The van der Waals surface area contributed by atoms with Crippen LogP contribution in [0.3, 0.4) is 0 Å². The molecule has 0 bridgehead atoms. The van der Waals surface area contributed by atoms with Crippen LogP contribution in [0.25, 0.3) is 0 Å². The number of hydrogen-bond donors (Lipinski definition) is 2. The number of ether oxygens (including phenoxy) is 1. The average molecular weight is 210 g/mol. The van der Waals surface area contributed by atoms with Gasteiger partial charge in [-0.1, -0.05) is 0 Å². The maximum atomic E-state index is 11.3. The summed E-state index contributed by atoms with van der Waals surface area (Å²) in [6.45, 7) is 0.920. The molecule has 0 aliphatic rings. The number of Topliss-reactive ketones (excluding diaryl/α,β-unsaturated/α-hetero) is 1. The van der Waals surface area contributed by atoms with Gasteiger partial charge < -0.3 is 14.9 Å². The van der Waals surface area contributed by atoms with Crippen LogP contribution in [0.15, 0.2) is 18.2 Å². The fourth-order valence-electron chi connectivity index (χ4n) is 0.932. The van der Waals surface area contributed by atoms with Crippen LogP contribution < -0.4 is 0 Å². The third-order valence-corrected chi connectivity index (χ3v) is 1.61. The Morgan fingerprint density at radius 2 is 2.00 bits per heavy atom. The predicted octanol–water partition coefficient (Wildman–Crippen LogP) is 0.844. The number of aromatic hydroxyl groups is 2. The monoisotopic (exact) mass is 210 g/mol. The van der Waals surface area contributed by atoms with Crippen molar-refractivity contribution in [1.29, 1.82) is 0 Å².